The van der Waals surface area contributed by atoms with Crippen LogP contribution in [0.1, 0.15) is 51.5 Å². The lowest BCUT2D eigenvalue weighted by Gasteiger charge is -2.27. The second-order valence-corrected chi connectivity index (χ2v) is 7.52. The number of nitrogens with zero attached hydrogens (tertiary/aromatic N) is 3. The molecule has 2 N–H and O–H groups in total. The number of ether oxygens (including phenoxy) is 1. The summed E-state index contributed by atoms with van der Waals surface area (Å²) in [5.74, 6) is 1.93. The second-order valence-electron chi connectivity index (χ2n) is 7.52. The van der Waals surface area contributed by atoms with Gasteiger partial charge in [0.2, 0.25) is 0 Å². The molecule has 1 unspecified atom stereocenters. The molecule has 0 radical (unpaired) electrons. The van der Waals surface area contributed by atoms with Crippen LogP contribution in [0.25, 0.3) is 0 Å². The van der Waals surface area contributed by atoms with E-state index in [1.54, 1.807) is 0 Å². The first kappa shape index (κ1) is 22.2. The number of guanidine groups is 1. The topological polar surface area (TPSA) is 61.8 Å². The highest BCUT2D eigenvalue weighted by Crippen LogP contribution is 2.24. The molecule has 2 aliphatic heterocycles. The van der Waals surface area contributed by atoms with Crippen molar-refractivity contribution in [2.24, 2.45) is 4.99 Å². The summed E-state index contributed by atoms with van der Waals surface area (Å²) < 4.78 is 5.86. The zero-order valence-electron chi connectivity index (χ0n) is 16.7. The Morgan fingerprint density at radius 2 is 2.07 bits per heavy atom. The van der Waals surface area contributed by atoms with E-state index in [0.29, 0.717) is 6.54 Å². The molecular formula is C20H34IN5O. The Hall–Kier alpha value is -1.09. The Kier molecular flexibility index (Phi) is 9.08. The van der Waals surface area contributed by atoms with E-state index in [2.05, 4.69) is 46.5 Å². The van der Waals surface area contributed by atoms with Gasteiger partial charge in [0, 0.05) is 39.0 Å². The molecule has 0 amide bonds. The molecule has 0 spiro atoms. The van der Waals surface area contributed by atoms with E-state index in [0.717, 1.165) is 57.4 Å². The number of aromatic nitrogens is 1. The maximum atomic E-state index is 5.86. The smallest absolute Gasteiger partial charge is 0.191 e. The molecule has 0 saturated carbocycles. The third-order valence-electron chi connectivity index (χ3n) is 5.18. The average molecular weight is 487 g/mol. The number of halogens is 1. The standard InChI is InChI=1S/C20H33N5O.HI/c1-3-21-19(24-16-20(2)9-7-13-26-20)23-15-17-8-10-22-18(14-17)25-11-5-4-6-12-25;/h8,10,14H,3-7,9,11-13,15-16H2,1-2H3,(H2,21,23,24);1H. The van der Waals surface area contributed by atoms with Crippen molar-refractivity contribution in [3.63, 3.8) is 0 Å². The first-order valence-electron chi connectivity index (χ1n) is 10.0. The van der Waals surface area contributed by atoms with Gasteiger partial charge in [0.25, 0.3) is 0 Å². The Balaban J connectivity index is 0.00000261. The number of piperidine rings is 1. The molecular weight excluding hydrogens is 453 g/mol. The number of anilines is 1. The fourth-order valence-corrected chi connectivity index (χ4v) is 3.61. The first-order valence-corrected chi connectivity index (χ1v) is 10.0. The molecule has 3 rings (SSSR count). The van der Waals surface area contributed by atoms with Crippen molar-refractivity contribution in [2.75, 3.05) is 37.7 Å². The summed E-state index contributed by atoms with van der Waals surface area (Å²) >= 11 is 0. The molecule has 1 atom stereocenters. The predicted molar refractivity (Wildman–Crippen MR) is 122 cm³/mol. The highest BCUT2D eigenvalue weighted by atomic mass is 127. The van der Waals surface area contributed by atoms with Gasteiger partial charge in [0.15, 0.2) is 5.96 Å². The van der Waals surface area contributed by atoms with Crippen LogP contribution in [0.3, 0.4) is 0 Å². The Labute approximate surface area is 180 Å². The summed E-state index contributed by atoms with van der Waals surface area (Å²) in [6, 6.07) is 4.24. The summed E-state index contributed by atoms with van der Waals surface area (Å²) in [5.41, 5.74) is 1.12. The lowest BCUT2D eigenvalue weighted by atomic mass is 10.0. The van der Waals surface area contributed by atoms with Gasteiger partial charge in [0.1, 0.15) is 5.82 Å². The second kappa shape index (κ2) is 11.0. The van der Waals surface area contributed by atoms with E-state index in [1.165, 1.54) is 24.8 Å². The molecule has 6 nitrogen and oxygen atoms in total. The Morgan fingerprint density at radius 3 is 2.78 bits per heavy atom. The van der Waals surface area contributed by atoms with Gasteiger partial charge in [0.05, 0.1) is 12.1 Å². The summed E-state index contributed by atoms with van der Waals surface area (Å²) in [6.45, 7) is 9.63. The monoisotopic (exact) mass is 487 g/mol. The van der Waals surface area contributed by atoms with Crippen molar-refractivity contribution in [3.8, 4) is 0 Å². The minimum absolute atomic E-state index is 0. The predicted octanol–water partition coefficient (Wildman–Crippen LogP) is 3.31. The molecule has 27 heavy (non-hydrogen) atoms. The Morgan fingerprint density at radius 1 is 1.26 bits per heavy atom. The van der Waals surface area contributed by atoms with Crippen molar-refractivity contribution in [2.45, 2.75) is 58.1 Å². The zero-order chi connectivity index (χ0) is 18.2. The van der Waals surface area contributed by atoms with E-state index < -0.39 is 0 Å². The molecule has 1 aromatic heterocycles. The van der Waals surface area contributed by atoms with Crippen LogP contribution in [0.5, 0.6) is 0 Å². The van der Waals surface area contributed by atoms with Gasteiger partial charge in [-0.05, 0) is 63.6 Å². The lowest BCUT2D eigenvalue weighted by molar-refractivity contribution is 0.0243. The van der Waals surface area contributed by atoms with Crippen LogP contribution < -0.4 is 15.5 Å². The molecule has 2 saturated heterocycles. The SMILES string of the molecule is CCNC(=NCc1ccnc(N2CCCCC2)c1)NCC1(C)CCCO1.I. The fraction of sp³-hybridized carbons (Fsp3) is 0.700. The molecule has 0 aromatic carbocycles. The van der Waals surface area contributed by atoms with Gasteiger partial charge in [-0.15, -0.1) is 24.0 Å². The normalized spacial score (nSPS) is 23.0. The zero-order valence-corrected chi connectivity index (χ0v) is 19.0. The molecule has 7 heteroatoms. The van der Waals surface area contributed by atoms with Gasteiger partial charge in [-0.3, -0.25) is 0 Å². The van der Waals surface area contributed by atoms with Gasteiger partial charge in [-0.2, -0.15) is 0 Å². The maximum absolute atomic E-state index is 5.86. The summed E-state index contributed by atoms with van der Waals surface area (Å²) in [6.07, 6.45) is 8.01. The van der Waals surface area contributed by atoms with Crippen molar-refractivity contribution in [1.29, 1.82) is 0 Å². The maximum Gasteiger partial charge on any atom is 0.191 e. The number of aliphatic imine (C=N–C) groups is 1. The molecule has 0 bridgehead atoms. The summed E-state index contributed by atoms with van der Waals surface area (Å²) in [7, 11) is 0. The van der Waals surface area contributed by atoms with E-state index in [1.807, 2.05) is 6.20 Å². The highest BCUT2D eigenvalue weighted by molar-refractivity contribution is 14.0. The van der Waals surface area contributed by atoms with Gasteiger partial charge >= 0.3 is 0 Å². The van der Waals surface area contributed by atoms with Crippen LogP contribution in [-0.4, -0.2) is 49.3 Å². The highest BCUT2D eigenvalue weighted by Gasteiger charge is 2.29. The third kappa shape index (κ3) is 6.78. The van der Waals surface area contributed by atoms with Crippen LogP contribution >= 0.6 is 24.0 Å². The van der Waals surface area contributed by atoms with Crippen molar-refractivity contribution >= 4 is 35.8 Å². The molecule has 0 aliphatic carbocycles. The minimum Gasteiger partial charge on any atom is -0.373 e. The van der Waals surface area contributed by atoms with Crippen molar-refractivity contribution < 1.29 is 4.74 Å². The number of pyridine rings is 1. The largest absolute Gasteiger partial charge is 0.373 e. The van der Waals surface area contributed by atoms with Gasteiger partial charge < -0.3 is 20.3 Å². The van der Waals surface area contributed by atoms with Crippen LogP contribution in [0.4, 0.5) is 5.82 Å². The van der Waals surface area contributed by atoms with E-state index >= 15 is 0 Å². The van der Waals surface area contributed by atoms with Crippen molar-refractivity contribution in [1.82, 2.24) is 15.6 Å². The molecule has 152 valence electrons. The van der Waals surface area contributed by atoms with E-state index in [4.69, 9.17) is 9.73 Å². The lowest BCUT2D eigenvalue weighted by Crippen LogP contribution is -2.45. The summed E-state index contributed by atoms with van der Waals surface area (Å²) in [5, 5.41) is 6.77. The van der Waals surface area contributed by atoms with Crippen LogP contribution in [-0.2, 0) is 11.3 Å². The minimum atomic E-state index is -0.0751. The molecule has 3 heterocycles. The van der Waals surface area contributed by atoms with Crippen molar-refractivity contribution in [3.05, 3.63) is 23.9 Å². The molecule has 2 aliphatic rings. The van der Waals surface area contributed by atoms with Crippen LogP contribution in [0.2, 0.25) is 0 Å². The van der Waals surface area contributed by atoms with Gasteiger partial charge in [-0.1, -0.05) is 0 Å². The molecule has 2 fully saturated rings. The fourth-order valence-electron chi connectivity index (χ4n) is 3.61. The van der Waals surface area contributed by atoms with E-state index in [-0.39, 0.29) is 29.6 Å². The number of rotatable bonds is 6. The number of hydrogen-bond acceptors (Lipinski definition) is 4. The van der Waals surface area contributed by atoms with E-state index in [9.17, 15) is 0 Å². The van der Waals surface area contributed by atoms with Crippen LogP contribution in [0, 0.1) is 0 Å². The number of nitrogens with one attached hydrogen (secondary N) is 2. The first-order chi connectivity index (χ1) is 12.7. The molecule has 1 aromatic rings. The van der Waals surface area contributed by atoms with Crippen LogP contribution in [0.15, 0.2) is 23.3 Å². The van der Waals surface area contributed by atoms with Gasteiger partial charge in [-0.25, -0.2) is 9.98 Å². The quantitative estimate of drug-likeness (QED) is 0.366. The average Bonchev–Trinajstić information content (AvgIpc) is 3.12. The Bertz CT molecular complexity index is 598. The summed E-state index contributed by atoms with van der Waals surface area (Å²) in [4.78, 5) is 11.7. The third-order valence-corrected chi connectivity index (χ3v) is 5.18. The number of hydrogen-bond donors (Lipinski definition) is 2.